The smallest absolute Gasteiger partial charge is 0.386 e. The first kappa shape index (κ1) is 10.9. The molecule has 0 N–H and O–H groups in total. The minimum atomic E-state index is -1.48. The highest BCUT2D eigenvalue weighted by Gasteiger charge is 2.16. The predicted octanol–water partition coefficient (Wildman–Crippen LogP) is 1.39. The molecule has 1 aromatic carbocycles. The van der Waals surface area contributed by atoms with Gasteiger partial charge in [0.2, 0.25) is 0 Å². The predicted molar refractivity (Wildman–Crippen MR) is 53.0 cm³/mol. The van der Waals surface area contributed by atoms with Gasteiger partial charge in [-0.1, -0.05) is 30.3 Å². The molecule has 1 unspecified atom stereocenters. The average Bonchev–Trinajstić information content (AvgIpc) is 2.25. The van der Waals surface area contributed by atoms with Crippen molar-refractivity contribution in [2.75, 3.05) is 0 Å². The third kappa shape index (κ3) is 3.60. The van der Waals surface area contributed by atoms with E-state index in [-0.39, 0.29) is 0 Å². The van der Waals surface area contributed by atoms with Crippen molar-refractivity contribution < 1.29 is 14.5 Å². The summed E-state index contributed by atoms with van der Waals surface area (Å²) in [7, 11) is 0. The highest BCUT2D eigenvalue weighted by Crippen LogP contribution is 2.03. The van der Waals surface area contributed by atoms with Crippen LogP contribution in [-0.4, -0.2) is 17.6 Å². The van der Waals surface area contributed by atoms with E-state index in [1.165, 1.54) is 12.2 Å². The van der Waals surface area contributed by atoms with Gasteiger partial charge in [-0.2, -0.15) is 0 Å². The summed E-state index contributed by atoms with van der Waals surface area (Å²) in [5.41, 5.74) is 0.791. The molecule has 0 amide bonds. The standard InChI is InChI=1S/C10H8NO4/c12-8-15-10(11(13)14)7-6-9-4-2-1-3-5-9/h1-7,10H. The van der Waals surface area contributed by atoms with Crippen LogP contribution in [-0.2, 0) is 9.53 Å². The SMILES string of the molecule is O=[C]OC(C=Cc1ccccc1)[N+](=O)[O-]. The van der Waals surface area contributed by atoms with Crippen LogP contribution in [0.1, 0.15) is 5.56 Å². The van der Waals surface area contributed by atoms with Gasteiger partial charge in [0, 0.05) is 6.08 Å². The van der Waals surface area contributed by atoms with Crippen LogP contribution in [0.2, 0.25) is 0 Å². The number of hydrogen-bond acceptors (Lipinski definition) is 4. The van der Waals surface area contributed by atoms with Crippen molar-refractivity contribution >= 4 is 12.5 Å². The van der Waals surface area contributed by atoms with E-state index < -0.39 is 11.2 Å². The van der Waals surface area contributed by atoms with Gasteiger partial charge in [0.05, 0.1) is 4.92 Å². The lowest BCUT2D eigenvalue weighted by Crippen LogP contribution is -2.19. The summed E-state index contributed by atoms with van der Waals surface area (Å²) in [4.78, 5) is 19.5. The van der Waals surface area contributed by atoms with E-state index in [1.807, 2.05) is 6.07 Å². The van der Waals surface area contributed by atoms with E-state index in [2.05, 4.69) is 4.74 Å². The molecule has 1 atom stereocenters. The normalized spacial score (nSPS) is 12.3. The number of carbonyl (C=O) groups excluding carboxylic acids is 1. The summed E-state index contributed by atoms with van der Waals surface area (Å²) >= 11 is 0. The minimum absolute atomic E-state index is 0.718. The summed E-state index contributed by atoms with van der Waals surface area (Å²) in [6, 6.07) is 8.98. The van der Waals surface area contributed by atoms with Gasteiger partial charge in [-0.05, 0) is 11.6 Å². The fourth-order valence-corrected chi connectivity index (χ4v) is 0.959. The zero-order valence-corrected chi connectivity index (χ0v) is 7.70. The highest BCUT2D eigenvalue weighted by atomic mass is 16.7. The van der Waals surface area contributed by atoms with Crippen LogP contribution in [0.4, 0.5) is 0 Å². The Hall–Kier alpha value is -2.17. The summed E-state index contributed by atoms with van der Waals surface area (Å²) < 4.78 is 4.13. The van der Waals surface area contributed by atoms with E-state index in [1.54, 1.807) is 24.3 Å². The average molecular weight is 206 g/mol. The first-order chi connectivity index (χ1) is 7.24. The number of ether oxygens (including phenoxy) is 1. The number of hydrogen-bond donors (Lipinski definition) is 0. The molecule has 0 aliphatic heterocycles. The third-order valence-electron chi connectivity index (χ3n) is 1.63. The molecule has 5 nitrogen and oxygen atoms in total. The summed E-state index contributed by atoms with van der Waals surface area (Å²) in [5.74, 6) is 0. The Bertz CT molecular complexity index is 361. The molecule has 0 heterocycles. The molecule has 0 saturated heterocycles. The zero-order chi connectivity index (χ0) is 11.1. The summed E-state index contributed by atoms with van der Waals surface area (Å²) in [5, 5.41) is 10.4. The second-order valence-corrected chi connectivity index (χ2v) is 2.65. The number of nitro groups is 1. The summed E-state index contributed by atoms with van der Waals surface area (Å²) in [6.07, 6.45) is 1.20. The molecule has 77 valence electrons. The monoisotopic (exact) mass is 206 g/mol. The minimum Gasteiger partial charge on any atom is -0.386 e. The van der Waals surface area contributed by atoms with Crippen molar-refractivity contribution in [1.29, 1.82) is 0 Å². The van der Waals surface area contributed by atoms with Gasteiger partial charge in [-0.3, -0.25) is 10.1 Å². The molecule has 0 saturated carbocycles. The lowest BCUT2D eigenvalue weighted by atomic mass is 10.2. The molecule has 1 radical (unpaired) electrons. The lowest BCUT2D eigenvalue weighted by Gasteiger charge is -1.99. The Labute approximate surface area is 86.1 Å². The maximum Gasteiger partial charge on any atom is 0.423 e. The Morgan fingerprint density at radius 2 is 2.07 bits per heavy atom. The van der Waals surface area contributed by atoms with Crippen molar-refractivity contribution in [3.8, 4) is 0 Å². The third-order valence-corrected chi connectivity index (χ3v) is 1.63. The van der Waals surface area contributed by atoms with Crippen LogP contribution in [0.3, 0.4) is 0 Å². The molecule has 5 heteroatoms. The molecule has 1 rings (SSSR count). The fraction of sp³-hybridized carbons (Fsp3) is 0.100. The van der Waals surface area contributed by atoms with Crippen LogP contribution in [0.5, 0.6) is 0 Å². The molecule has 15 heavy (non-hydrogen) atoms. The Kier molecular flexibility index (Phi) is 4.03. The molecule has 1 aromatic rings. The first-order valence-corrected chi connectivity index (χ1v) is 4.13. The molecule has 0 fully saturated rings. The van der Waals surface area contributed by atoms with Gasteiger partial charge in [-0.25, -0.2) is 4.79 Å². The Balaban J connectivity index is 2.69. The molecule has 0 spiro atoms. The molecule has 0 aromatic heterocycles. The Morgan fingerprint density at radius 1 is 1.40 bits per heavy atom. The van der Waals surface area contributed by atoms with Gasteiger partial charge < -0.3 is 4.74 Å². The van der Waals surface area contributed by atoms with E-state index in [0.29, 0.717) is 0 Å². The molecule has 0 aliphatic rings. The maximum absolute atomic E-state index is 10.4. The number of rotatable bonds is 5. The topological polar surface area (TPSA) is 69.4 Å². The van der Waals surface area contributed by atoms with E-state index >= 15 is 0 Å². The highest BCUT2D eigenvalue weighted by molar-refractivity contribution is 5.49. The molecule has 0 aliphatic carbocycles. The van der Waals surface area contributed by atoms with Crippen molar-refractivity contribution in [1.82, 2.24) is 0 Å². The van der Waals surface area contributed by atoms with E-state index in [0.717, 1.165) is 12.0 Å². The molecular formula is C10H8NO4. The Morgan fingerprint density at radius 3 is 2.60 bits per heavy atom. The van der Waals surface area contributed by atoms with Crippen LogP contribution < -0.4 is 0 Å². The van der Waals surface area contributed by atoms with Crippen molar-refractivity contribution in [2.24, 2.45) is 0 Å². The van der Waals surface area contributed by atoms with Crippen LogP contribution >= 0.6 is 0 Å². The van der Waals surface area contributed by atoms with Gasteiger partial charge in [0.1, 0.15) is 0 Å². The lowest BCUT2D eigenvalue weighted by molar-refractivity contribution is -0.550. The van der Waals surface area contributed by atoms with Crippen LogP contribution in [0, 0.1) is 10.1 Å². The van der Waals surface area contributed by atoms with E-state index in [4.69, 9.17) is 0 Å². The molecular weight excluding hydrogens is 198 g/mol. The summed E-state index contributed by atoms with van der Waals surface area (Å²) in [6.45, 7) is 1.04. The van der Waals surface area contributed by atoms with Gasteiger partial charge in [0.15, 0.2) is 0 Å². The first-order valence-electron chi connectivity index (χ1n) is 4.13. The quantitative estimate of drug-likeness (QED) is 0.414. The zero-order valence-electron chi connectivity index (χ0n) is 7.70. The van der Waals surface area contributed by atoms with Crippen molar-refractivity contribution in [2.45, 2.75) is 6.23 Å². The number of benzene rings is 1. The van der Waals surface area contributed by atoms with Crippen LogP contribution in [0.25, 0.3) is 6.08 Å². The van der Waals surface area contributed by atoms with Crippen molar-refractivity contribution in [3.63, 3.8) is 0 Å². The van der Waals surface area contributed by atoms with E-state index in [9.17, 15) is 14.9 Å². The maximum atomic E-state index is 10.4. The number of nitrogens with zero attached hydrogens (tertiary/aromatic N) is 1. The second-order valence-electron chi connectivity index (χ2n) is 2.65. The largest absolute Gasteiger partial charge is 0.423 e. The second kappa shape index (κ2) is 5.54. The van der Waals surface area contributed by atoms with Crippen LogP contribution in [0.15, 0.2) is 36.4 Å². The van der Waals surface area contributed by atoms with Gasteiger partial charge >= 0.3 is 12.7 Å². The van der Waals surface area contributed by atoms with Gasteiger partial charge in [-0.15, -0.1) is 0 Å². The fourth-order valence-electron chi connectivity index (χ4n) is 0.959. The van der Waals surface area contributed by atoms with Crippen molar-refractivity contribution in [3.05, 3.63) is 52.1 Å². The molecule has 0 bridgehead atoms. The van der Waals surface area contributed by atoms with Gasteiger partial charge in [0.25, 0.3) is 0 Å².